The van der Waals surface area contributed by atoms with Crippen molar-refractivity contribution >= 4 is 11.6 Å². The second-order valence-electron chi connectivity index (χ2n) is 2.47. The second-order valence-corrected chi connectivity index (χ2v) is 2.90. The van der Waals surface area contributed by atoms with Crippen LogP contribution in [0.3, 0.4) is 0 Å². The maximum absolute atomic E-state index is 9.01. The molecule has 0 spiro atoms. The fourth-order valence-corrected chi connectivity index (χ4v) is 1.17. The molecule has 1 rings (SSSR count). The lowest BCUT2D eigenvalue weighted by molar-refractivity contribution is -0.0900. The first-order valence-electron chi connectivity index (χ1n) is 3.13. The zero-order valence-electron chi connectivity index (χ0n) is 5.55. The maximum atomic E-state index is 9.01. The molecule has 11 heavy (non-hydrogen) atoms. The first-order chi connectivity index (χ1) is 5.04. The molecule has 0 bridgehead atoms. The van der Waals surface area contributed by atoms with Gasteiger partial charge < -0.3 is 20.4 Å². The Morgan fingerprint density at radius 3 is 2.18 bits per heavy atom. The normalized spacial score (nSPS) is 45.4. The van der Waals surface area contributed by atoms with E-state index in [0.29, 0.717) is 0 Å². The van der Waals surface area contributed by atoms with Crippen LogP contribution in [0.1, 0.15) is 0 Å². The lowest BCUT2D eigenvalue weighted by atomic mass is 9.96. The average molecular weight is 181 g/mol. The van der Waals surface area contributed by atoms with Crippen molar-refractivity contribution < 1.29 is 20.4 Å². The van der Waals surface area contributed by atoms with Crippen molar-refractivity contribution in [2.24, 2.45) is 0 Å². The molecule has 4 N–H and O–H groups in total. The number of rotatable bonds is 0. The zero-order chi connectivity index (χ0) is 8.59. The maximum Gasteiger partial charge on any atom is 0.118 e. The molecule has 1 aliphatic carbocycles. The molecule has 0 fully saturated rings. The Morgan fingerprint density at radius 2 is 1.64 bits per heavy atom. The van der Waals surface area contributed by atoms with Crippen molar-refractivity contribution in [2.75, 3.05) is 0 Å². The smallest absolute Gasteiger partial charge is 0.118 e. The highest BCUT2D eigenvalue weighted by Gasteiger charge is 2.35. The molecule has 0 aromatic rings. The van der Waals surface area contributed by atoms with Crippen molar-refractivity contribution in [3.05, 3.63) is 11.1 Å². The van der Waals surface area contributed by atoms with Crippen LogP contribution >= 0.6 is 11.6 Å². The molecule has 0 unspecified atom stereocenters. The highest BCUT2D eigenvalue weighted by Crippen LogP contribution is 2.22. The van der Waals surface area contributed by atoms with E-state index in [2.05, 4.69) is 0 Å². The van der Waals surface area contributed by atoms with E-state index in [1.165, 1.54) is 0 Å². The Balaban J connectivity index is 2.83. The lowest BCUT2D eigenvalue weighted by Crippen LogP contribution is -2.47. The standard InChI is InChI=1S/C6H9ClO4/c7-2-1-3(8)5(10)6(11)4(2)9/h1,3-6,8-11H/t3-,4-,5-,6-/m1/s1. The number of halogens is 1. The van der Waals surface area contributed by atoms with E-state index >= 15 is 0 Å². The summed E-state index contributed by atoms with van der Waals surface area (Å²) in [5.74, 6) is 0. The molecule has 4 nitrogen and oxygen atoms in total. The third-order valence-electron chi connectivity index (χ3n) is 1.64. The van der Waals surface area contributed by atoms with Crippen LogP contribution in [0.2, 0.25) is 0 Å². The first kappa shape index (κ1) is 8.96. The Labute approximate surface area is 68.3 Å². The molecular formula is C6H9ClO4. The Kier molecular flexibility index (Phi) is 2.51. The molecule has 0 radical (unpaired) electrons. The highest BCUT2D eigenvalue weighted by atomic mass is 35.5. The molecule has 1 aliphatic rings. The van der Waals surface area contributed by atoms with Gasteiger partial charge in [0, 0.05) is 5.03 Å². The van der Waals surface area contributed by atoms with Gasteiger partial charge in [0.25, 0.3) is 0 Å². The summed E-state index contributed by atoms with van der Waals surface area (Å²) in [4.78, 5) is 0. The topological polar surface area (TPSA) is 80.9 Å². The van der Waals surface area contributed by atoms with Crippen molar-refractivity contribution in [3.63, 3.8) is 0 Å². The van der Waals surface area contributed by atoms with Gasteiger partial charge in [0.1, 0.15) is 24.4 Å². The van der Waals surface area contributed by atoms with Crippen LogP contribution in [0.4, 0.5) is 0 Å². The number of hydrogen-bond donors (Lipinski definition) is 4. The van der Waals surface area contributed by atoms with Gasteiger partial charge in [0.2, 0.25) is 0 Å². The molecule has 0 aromatic heterocycles. The van der Waals surface area contributed by atoms with Gasteiger partial charge >= 0.3 is 0 Å². The first-order valence-corrected chi connectivity index (χ1v) is 3.51. The molecule has 0 amide bonds. The average Bonchev–Trinajstić information content (AvgIpc) is 1.97. The minimum atomic E-state index is -1.41. The summed E-state index contributed by atoms with van der Waals surface area (Å²) in [6.07, 6.45) is -4.19. The molecule has 0 saturated heterocycles. The third kappa shape index (κ3) is 1.55. The molecule has 0 heterocycles. The zero-order valence-corrected chi connectivity index (χ0v) is 6.31. The van der Waals surface area contributed by atoms with Crippen molar-refractivity contribution in [1.29, 1.82) is 0 Å². The molecule has 0 aliphatic heterocycles. The van der Waals surface area contributed by atoms with E-state index in [4.69, 9.17) is 32.0 Å². The number of aliphatic hydroxyl groups excluding tert-OH is 4. The number of aliphatic hydroxyl groups is 4. The van der Waals surface area contributed by atoms with Crippen LogP contribution in [0.5, 0.6) is 0 Å². The molecular weight excluding hydrogens is 172 g/mol. The van der Waals surface area contributed by atoms with Gasteiger partial charge in [0.05, 0.1) is 0 Å². The van der Waals surface area contributed by atoms with E-state index in [1.807, 2.05) is 0 Å². The summed E-state index contributed by atoms with van der Waals surface area (Å²) in [6.45, 7) is 0. The van der Waals surface area contributed by atoms with E-state index in [9.17, 15) is 0 Å². The molecule has 64 valence electrons. The predicted octanol–water partition coefficient (Wildman–Crippen LogP) is -1.43. The van der Waals surface area contributed by atoms with Gasteiger partial charge in [-0.2, -0.15) is 0 Å². The second kappa shape index (κ2) is 3.08. The SMILES string of the molecule is O[C@H]1[C@H](O)[C@H](O)C(Cl)=C[C@H]1O. The molecule has 4 atom stereocenters. The quantitative estimate of drug-likeness (QED) is 0.368. The predicted molar refractivity (Wildman–Crippen MR) is 38.0 cm³/mol. The largest absolute Gasteiger partial charge is 0.387 e. The van der Waals surface area contributed by atoms with Crippen LogP contribution in [-0.2, 0) is 0 Å². The van der Waals surface area contributed by atoms with Gasteiger partial charge in [-0.05, 0) is 6.08 Å². The Bertz CT molecular complexity index is 181. The van der Waals surface area contributed by atoms with Crippen LogP contribution in [0.25, 0.3) is 0 Å². The third-order valence-corrected chi connectivity index (χ3v) is 1.99. The molecule has 0 saturated carbocycles. The van der Waals surface area contributed by atoms with Crippen LogP contribution in [0, 0.1) is 0 Å². The monoisotopic (exact) mass is 180 g/mol. The summed E-state index contributed by atoms with van der Waals surface area (Å²) in [5, 5.41) is 35.9. The summed E-state index contributed by atoms with van der Waals surface area (Å²) >= 11 is 5.40. The molecule has 0 aromatic carbocycles. The highest BCUT2D eigenvalue weighted by molar-refractivity contribution is 6.30. The summed E-state index contributed by atoms with van der Waals surface area (Å²) in [6, 6.07) is 0. The lowest BCUT2D eigenvalue weighted by Gasteiger charge is -2.29. The van der Waals surface area contributed by atoms with Crippen LogP contribution in [0.15, 0.2) is 11.1 Å². The van der Waals surface area contributed by atoms with Gasteiger partial charge in [-0.1, -0.05) is 11.6 Å². The van der Waals surface area contributed by atoms with E-state index in [1.54, 1.807) is 0 Å². The van der Waals surface area contributed by atoms with Crippen molar-refractivity contribution in [3.8, 4) is 0 Å². The van der Waals surface area contributed by atoms with Gasteiger partial charge in [-0.3, -0.25) is 0 Å². The Morgan fingerprint density at radius 1 is 1.09 bits per heavy atom. The van der Waals surface area contributed by atoms with E-state index in [-0.39, 0.29) is 5.03 Å². The molecule has 5 heteroatoms. The Hall–Kier alpha value is -0.130. The fourth-order valence-electron chi connectivity index (χ4n) is 0.912. The number of hydrogen-bond acceptors (Lipinski definition) is 4. The van der Waals surface area contributed by atoms with Gasteiger partial charge in [0.15, 0.2) is 0 Å². The fraction of sp³-hybridized carbons (Fsp3) is 0.667. The van der Waals surface area contributed by atoms with E-state index in [0.717, 1.165) is 6.08 Å². The minimum absolute atomic E-state index is 0.0460. The van der Waals surface area contributed by atoms with Gasteiger partial charge in [-0.25, -0.2) is 0 Å². The van der Waals surface area contributed by atoms with Gasteiger partial charge in [-0.15, -0.1) is 0 Å². The van der Waals surface area contributed by atoms with Crippen molar-refractivity contribution in [2.45, 2.75) is 24.4 Å². The van der Waals surface area contributed by atoms with Crippen LogP contribution < -0.4 is 0 Å². The van der Waals surface area contributed by atoms with Crippen molar-refractivity contribution in [1.82, 2.24) is 0 Å². The summed E-state index contributed by atoms with van der Waals surface area (Å²) in [7, 11) is 0. The van der Waals surface area contributed by atoms with E-state index < -0.39 is 24.4 Å². The summed E-state index contributed by atoms with van der Waals surface area (Å²) < 4.78 is 0. The minimum Gasteiger partial charge on any atom is -0.387 e. The summed E-state index contributed by atoms with van der Waals surface area (Å²) in [5.41, 5.74) is 0. The van der Waals surface area contributed by atoms with Crippen LogP contribution in [-0.4, -0.2) is 44.8 Å².